The molecule has 0 unspecified atom stereocenters. The minimum absolute atomic E-state index is 0.798. The largest absolute Gasteiger partial charge is 0.496 e. The summed E-state index contributed by atoms with van der Waals surface area (Å²) in [6.45, 7) is 0. The highest BCUT2D eigenvalue weighted by Crippen LogP contribution is 2.40. The van der Waals surface area contributed by atoms with Gasteiger partial charge in [0.1, 0.15) is 11.5 Å². The summed E-state index contributed by atoms with van der Waals surface area (Å²) in [7, 11) is 3.35. The second kappa shape index (κ2) is 7.92. The number of ether oxygens (including phenoxy) is 2. The van der Waals surface area contributed by atoms with E-state index >= 15 is 0 Å². The number of para-hydroxylation sites is 2. The van der Waals surface area contributed by atoms with Crippen molar-refractivity contribution in [1.29, 1.82) is 0 Å². The molecule has 0 aliphatic rings. The highest BCUT2D eigenvalue weighted by molar-refractivity contribution is 5.90. The fourth-order valence-corrected chi connectivity index (χ4v) is 3.36. The molecule has 4 heteroatoms. The quantitative estimate of drug-likeness (QED) is 0.467. The number of aromatic nitrogens is 2. The maximum absolute atomic E-state index is 5.57. The first-order chi connectivity index (χ1) is 13.8. The third-order valence-corrected chi connectivity index (χ3v) is 4.63. The third-order valence-electron chi connectivity index (χ3n) is 4.63. The molecule has 138 valence electrons. The zero-order valence-corrected chi connectivity index (χ0v) is 15.8. The number of rotatable bonds is 5. The molecular weight excluding hydrogens is 348 g/mol. The van der Waals surface area contributed by atoms with E-state index in [1.165, 1.54) is 0 Å². The van der Waals surface area contributed by atoms with Crippen molar-refractivity contribution in [1.82, 2.24) is 9.97 Å². The van der Waals surface area contributed by atoms with Crippen LogP contribution in [0.25, 0.3) is 33.6 Å². The minimum Gasteiger partial charge on any atom is -0.496 e. The zero-order valence-electron chi connectivity index (χ0n) is 15.8. The number of hydrogen-bond acceptors (Lipinski definition) is 4. The molecule has 0 N–H and O–H groups in total. The SMILES string of the molecule is COc1ccccc1-c1cccnc1-c1ncccc1-c1ccccc1OC. The summed E-state index contributed by atoms with van der Waals surface area (Å²) in [5.74, 6) is 1.60. The van der Waals surface area contributed by atoms with Crippen molar-refractivity contribution in [2.24, 2.45) is 0 Å². The molecule has 0 saturated carbocycles. The molecule has 0 spiro atoms. The fourth-order valence-electron chi connectivity index (χ4n) is 3.36. The van der Waals surface area contributed by atoms with E-state index in [-0.39, 0.29) is 0 Å². The Hall–Kier alpha value is -3.66. The Kier molecular flexibility index (Phi) is 5.02. The van der Waals surface area contributed by atoms with Crippen LogP contribution in [0.1, 0.15) is 0 Å². The third kappa shape index (κ3) is 3.21. The van der Waals surface area contributed by atoms with E-state index in [0.29, 0.717) is 0 Å². The lowest BCUT2D eigenvalue weighted by atomic mass is 9.96. The molecule has 2 aromatic heterocycles. The lowest BCUT2D eigenvalue weighted by molar-refractivity contribution is 0.416. The van der Waals surface area contributed by atoms with Crippen molar-refractivity contribution in [3.63, 3.8) is 0 Å². The van der Waals surface area contributed by atoms with Crippen molar-refractivity contribution in [2.45, 2.75) is 0 Å². The van der Waals surface area contributed by atoms with E-state index in [0.717, 1.165) is 45.1 Å². The van der Waals surface area contributed by atoms with Crippen molar-refractivity contribution in [3.05, 3.63) is 85.2 Å². The second-order valence-electron chi connectivity index (χ2n) is 6.20. The van der Waals surface area contributed by atoms with E-state index in [9.17, 15) is 0 Å². The molecule has 2 heterocycles. The maximum atomic E-state index is 5.57. The van der Waals surface area contributed by atoms with Gasteiger partial charge in [0.25, 0.3) is 0 Å². The van der Waals surface area contributed by atoms with Gasteiger partial charge in [-0.15, -0.1) is 0 Å². The van der Waals surface area contributed by atoms with Crippen LogP contribution in [0.2, 0.25) is 0 Å². The summed E-state index contributed by atoms with van der Waals surface area (Å²) in [5.41, 5.74) is 5.49. The fraction of sp³-hybridized carbons (Fsp3) is 0.0833. The Morgan fingerprint density at radius 2 is 0.893 bits per heavy atom. The molecule has 0 fully saturated rings. The summed E-state index contributed by atoms with van der Waals surface area (Å²) in [4.78, 5) is 9.37. The number of hydrogen-bond donors (Lipinski definition) is 0. The van der Waals surface area contributed by atoms with Crippen molar-refractivity contribution < 1.29 is 9.47 Å². The minimum atomic E-state index is 0.798. The molecule has 0 amide bonds. The predicted octanol–water partition coefficient (Wildman–Crippen LogP) is 5.49. The Balaban J connectivity index is 1.96. The van der Waals surface area contributed by atoms with Gasteiger partial charge in [-0.3, -0.25) is 9.97 Å². The number of pyridine rings is 2. The van der Waals surface area contributed by atoms with Gasteiger partial charge in [-0.05, 0) is 24.3 Å². The smallest absolute Gasteiger partial charge is 0.126 e. The molecule has 0 aliphatic heterocycles. The number of methoxy groups -OCH3 is 2. The topological polar surface area (TPSA) is 44.2 Å². The maximum Gasteiger partial charge on any atom is 0.126 e. The molecule has 0 atom stereocenters. The first-order valence-corrected chi connectivity index (χ1v) is 9.00. The molecule has 0 radical (unpaired) electrons. The number of benzene rings is 2. The molecule has 4 aromatic rings. The molecule has 0 saturated heterocycles. The summed E-state index contributed by atoms with van der Waals surface area (Å²) in [6, 6.07) is 23.8. The van der Waals surface area contributed by atoms with Crippen LogP contribution in [-0.4, -0.2) is 24.2 Å². The number of nitrogens with zero attached hydrogens (tertiary/aromatic N) is 2. The highest BCUT2D eigenvalue weighted by atomic mass is 16.5. The second-order valence-corrected chi connectivity index (χ2v) is 6.20. The lowest BCUT2D eigenvalue weighted by Gasteiger charge is -2.15. The van der Waals surface area contributed by atoms with E-state index in [4.69, 9.17) is 9.47 Å². The van der Waals surface area contributed by atoms with Crippen LogP contribution in [0.15, 0.2) is 85.2 Å². The van der Waals surface area contributed by atoms with Crippen LogP contribution in [0.5, 0.6) is 11.5 Å². The first-order valence-electron chi connectivity index (χ1n) is 9.00. The van der Waals surface area contributed by atoms with Crippen LogP contribution in [0, 0.1) is 0 Å². The van der Waals surface area contributed by atoms with Crippen LogP contribution in [-0.2, 0) is 0 Å². The Morgan fingerprint density at radius 1 is 0.500 bits per heavy atom. The molecular formula is C24H20N2O2. The average molecular weight is 368 g/mol. The van der Waals surface area contributed by atoms with Crippen molar-refractivity contribution in [3.8, 4) is 45.1 Å². The van der Waals surface area contributed by atoms with E-state index in [2.05, 4.69) is 9.97 Å². The normalized spacial score (nSPS) is 10.5. The predicted molar refractivity (Wildman–Crippen MR) is 111 cm³/mol. The van der Waals surface area contributed by atoms with Gasteiger partial charge in [-0.25, -0.2) is 0 Å². The van der Waals surface area contributed by atoms with Crippen LogP contribution < -0.4 is 9.47 Å². The van der Waals surface area contributed by atoms with Gasteiger partial charge in [0.05, 0.1) is 25.6 Å². The van der Waals surface area contributed by atoms with Gasteiger partial charge < -0.3 is 9.47 Å². The van der Waals surface area contributed by atoms with Gasteiger partial charge in [-0.1, -0.05) is 48.5 Å². The van der Waals surface area contributed by atoms with Gasteiger partial charge in [0.2, 0.25) is 0 Å². The summed E-state index contributed by atoms with van der Waals surface area (Å²) < 4.78 is 11.1. The Morgan fingerprint density at radius 3 is 1.32 bits per heavy atom. The van der Waals surface area contributed by atoms with E-state index in [1.807, 2.05) is 72.8 Å². The molecule has 0 aliphatic carbocycles. The van der Waals surface area contributed by atoms with Crippen LogP contribution >= 0.6 is 0 Å². The van der Waals surface area contributed by atoms with Crippen molar-refractivity contribution >= 4 is 0 Å². The Labute approximate surface area is 164 Å². The van der Waals surface area contributed by atoms with Crippen LogP contribution in [0.3, 0.4) is 0 Å². The molecule has 4 nitrogen and oxygen atoms in total. The molecule has 28 heavy (non-hydrogen) atoms. The highest BCUT2D eigenvalue weighted by Gasteiger charge is 2.18. The Bertz CT molecular complexity index is 1020. The standard InChI is InChI=1S/C24H20N2O2/c1-27-21-13-5-3-9-17(21)19-11-7-15-25-23(19)24-20(12-8-16-26-24)18-10-4-6-14-22(18)28-2/h3-16H,1-2H3. The molecule has 4 rings (SSSR count). The lowest BCUT2D eigenvalue weighted by Crippen LogP contribution is -1.97. The summed E-state index contributed by atoms with van der Waals surface area (Å²) >= 11 is 0. The zero-order chi connectivity index (χ0) is 19.3. The van der Waals surface area contributed by atoms with E-state index in [1.54, 1.807) is 26.6 Å². The first kappa shape index (κ1) is 17.7. The van der Waals surface area contributed by atoms with Gasteiger partial charge in [0, 0.05) is 34.6 Å². The van der Waals surface area contributed by atoms with Gasteiger partial charge >= 0.3 is 0 Å². The monoisotopic (exact) mass is 368 g/mol. The van der Waals surface area contributed by atoms with Crippen molar-refractivity contribution in [2.75, 3.05) is 14.2 Å². The molecule has 0 bridgehead atoms. The summed E-state index contributed by atoms with van der Waals surface area (Å²) in [6.07, 6.45) is 3.57. The average Bonchev–Trinajstić information content (AvgIpc) is 2.79. The van der Waals surface area contributed by atoms with Gasteiger partial charge in [0.15, 0.2) is 0 Å². The summed E-state index contributed by atoms with van der Waals surface area (Å²) in [5, 5.41) is 0. The van der Waals surface area contributed by atoms with E-state index < -0.39 is 0 Å². The van der Waals surface area contributed by atoms with Crippen LogP contribution in [0.4, 0.5) is 0 Å². The molecule has 2 aromatic carbocycles. The van der Waals surface area contributed by atoms with Gasteiger partial charge in [-0.2, -0.15) is 0 Å².